The molecule has 11 heteroatoms. The number of ether oxygens (including phenoxy) is 1. The lowest BCUT2D eigenvalue weighted by molar-refractivity contribution is -0.873. The van der Waals surface area contributed by atoms with Crippen LogP contribution < -0.4 is 5.11 Å². The van der Waals surface area contributed by atoms with Crippen molar-refractivity contribution in [2.75, 3.05) is 34.3 Å². The highest BCUT2D eigenvalue weighted by Gasteiger charge is 2.23. The van der Waals surface area contributed by atoms with Gasteiger partial charge >= 0.3 is 5.97 Å². The van der Waals surface area contributed by atoms with Gasteiger partial charge in [0, 0.05) is 19.3 Å². The van der Waals surface area contributed by atoms with Gasteiger partial charge in [-0.05, 0) is 0 Å². The molecule has 4 N–H and O–H groups in total. The van der Waals surface area contributed by atoms with E-state index in [1.807, 2.05) is 21.1 Å². The predicted octanol–water partition coefficient (Wildman–Crippen LogP) is -3.55. The maximum atomic E-state index is 10.7. The van der Waals surface area contributed by atoms with Crippen molar-refractivity contribution in [2.24, 2.45) is 0 Å². The van der Waals surface area contributed by atoms with Gasteiger partial charge in [0.25, 0.3) is 0 Å². The zero-order valence-electron chi connectivity index (χ0n) is 14.7. The normalized spacial score (nSPS) is 15.4. The molecule has 0 aromatic carbocycles. The summed E-state index contributed by atoms with van der Waals surface area (Å²) < 4.78 is 5.39. The third-order valence-electron chi connectivity index (χ3n) is 2.55. The highest BCUT2D eigenvalue weighted by molar-refractivity contribution is 5.85. The topological polar surface area (TPSA) is 164 Å². The molecule has 150 valence electrons. The van der Waals surface area contributed by atoms with E-state index < -0.39 is 43.0 Å². The second-order valence-electron chi connectivity index (χ2n) is 6.15. The summed E-state index contributed by atoms with van der Waals surface area (Å²) in [6, 6.07) is 0. The minimum Gasteiger partial charge on any atom is -0.550 e. The number of rotatable bonds is 9. The molecule has 0 aromatic heterocycles. The third-order valence-corrected chi connectivity index (χ3v) is 2.55. The minimum absolute atomic E-state index is 0. The number of hydrogen-bond acceptors (Lipinski definition) is 9. The van der Waals surface area contributed by atoms with E-state index in [1.165, 1.54) is 6.92 Å². The summed E-state index contributed by atoms with van der Waals surface area (Å²) in [6.07, 6.45) is -5.50. The number of aldehydes is 1. The Labute approximate surface area is 152 Å². The Hall–Kier alpha value is -1.30. The quantitative estimate of drug-likeness (QED) is 0.177. The van der Waals surface area contributed by atoms with Crippen LogP contribution in [0, 0.1) is 0 Å². The summed E-state index contributed by atoms with van der Waals surface area (Å²) >= 11 is 0. The summed E-state index contributed by atoms with van der Waals surface area (Å²) in [7, 11) is 5.68. The molecule has 0 amide bonds. The number of carbonyl (C=O) groups is 3. The molecule has 0 spiro atoms. The van der Waals surface area contributed by atoms with E-state index in [0.717, 1.165) is 0 Å². The van der Waals surface area contributed by atoms with Crippen molar-refractivity contribution >= 4 is 30.6 Å². The Morgan fingerprint density at radius 2 is 1.68 bits per heavy atom. The number of halogens is 1. The predicted molar refractivity (Wildman–Crippen MR) is 86.5 cm³/mol. The first kappa shape index (κ1) is 28.5. The number of aliphatic hydroxyl groups excluding tert-OH is 4. The van der Waals surface area contributed by atoms with Crippen molar-refractivity contribution < 1.29 is 49.1 Å². The van der Waals surface area contributed by atoms with Gasteiger partial charge < -0.3 is 44.3 Å². The van der Waals surface area contributed by atoms with Gasteiger partial charge in [-0.3, -0.25) is 4.79 Å². The van der Waals surface area contributed by atoms with Gasteiger partial charge in [-0.2, -0.15) is 0 Å². The lowest BCUT2D eigenvalue weighted by Gasteiger charge is -2.28. The molecule has 0 radical (unpaired) electrons. The molecular formula is C14H28ClNO9. The van der Waals surface area contributed by atoms with Crippen molar-refractivity contribution in [2.45, 2.75) is 37.8 Å². The largest absolute Gasteiger partial charge is 0.550 e. The van der Waals surface area contributed by atoms with Crippen LogP contribution in [0.2, 0.25) is 0 Å². The summed E-state index contributed by atoms with van der Waals surface area (Å²) in [5.74, 6) is -1.67. The Bertz CT molecular complexity index is 384. The molecule has 0 fully saturated rings. The third kappa shape index (κ3) is 17.3. The zero-order valence-corrected chi connectivity index (χ0v) is 15.5. The summed E-state index contributed by atoms with van der Waals surface area (Å²) in [4.78, 5) is 30.8. The van der Waals surface area contributed by atoms with Crippen LogP contribution in [0.25, 0.3) is 0 Å². The number of quaternary nitrogens is 1. The minimum atomic E-state index is -1.64. The van der Waals surface area contributed by atoms with E-state index in [9.17, 15) is 19.5 Å². The van der Waals surface area contributed by atoms with Gasteiger partial charge in [-0.1, -0.05) is 0 Å². The molecule has 0 aromatic rings. The van der Waals surface area contributed by atoms with Gasteiger partial charge in [0.2, 0.25) is 0 Å². The van der Waals surface area contributed by atoms with Crippen molar-refractivity contribution in [3.05, 3.63) is 0 Å². The van der Waals surface area contributed by atoms with Crippen molar-refractivity contribution in [1.82, 2.24) is 0 Å². The standard InChI is InChI=1S/C9H17NO4.C5H10O5.ClH/c1-7(11)14-8(5-9(12)13)6-10(2,3)4;6-1-3(8)5(10)4(9)2-7;/h8H,5-6H2,1-4H3;1,3-5,7-10H,2H2;1H/t8-;3-,4+,5-;/m10./s1. The maximum Gasteiger partial charge on any atom is 0.303 e. The van der Waals surface area contributed by atoms with Crippen LogP contribution in [0.1, 0.15) is 13.3 Å². The summed E-state index contributed by atoms with van der Waals surface area (Å²) in [5, 5.41) is 44.4. The maximum absolute atomic E-state index is 10.7. The molecule has 0 heterocycles. The number of hydrogen-bond donors (Lipinski definition) is 4. The second-order valence-corrected chi connectivity index (χ2v) is 6.15. The van der Waals surface area contributed by atoms with Crippen LogP contribution in [-0.4, -0.2) is 102 Å². The number of carbonyl (C=O) groups excluding carboxylic acids is 3. The molecule has 0 saturated carbocycles. The highest BCUT2D eigenvalue weighted by Crippen LogP contribution is 2.04. The van der Waals surface area contributed by atoms with E-state index in [1.54, 1.807) is 0 Å². The highest BCUT2D eigenvalue weighted by atomic mass is 35.5. The Balaban J connectivity index is -0.000000392. The molecule has 0 aliphatic rings. The van der Waals surface area contributed by atoms with Gasteiger partial charge in [-0.25, -0.2) is 0 Å². The Kier molecular flexibility index (Phi) is 15.9. The Morgan fingerprint density at radius 1 is 1.20 bits per heavy atom. The SMILES string of the molecule is CC(=O)O[C@H](CC(=O)[O-])C[N+](C)(C)C.Cl.O=C[C@H](O)[C@H](O)[C@H](O)CO. The van der Waals surface area contributed by atoms with E-state index in [-0.39, 0.29) is 25.1 Å². The first-order chi connectivity index (χ1) is 10.8. The monoisotopic (exact) mass is 389 g/mol. The van der Waals surface area contributed by atoms with Crippen LogP contribution in [0.5, 0.6) is 0 Å². The van der Waals surface area contributed by atoms with E-state index in [2.05, 4.69) is 0 Å². The van der Waals surface area contributed by atoms with Gasteiger partial charge in [0.15, 0.2) is 12.4 Å². The van der Waals surface area contributed by atoms with Crippen molar-refractivity contribution in [1.29, 1.82) is 0 Å². The number of aliphatic hydroxyl groups is 4. The van der Waals surface area contributed by atoms with Gasteiger partial charge in [0.05, 0.1) is 27.7 Å². The fourth-order valence-corrected chi connectivity index (χ4v) is 1.59. The lowest BCUT2D eigenvalue weighted by atomic mass is 10.1. The number of likely N-dealkylation sites (N-methyl/N-ethyl adjacent to an activating group) is 1. The average molecular weight is 390 g/mol. The molecule has 0 saturated heterocycles. The fraction of sp³-hybridized carbons (Fsp3) is 0.786. The van der Waals surface area contributed by atoms with E-state index in [4.69, 9.17) is 25.2 Å². The van der Waals surface area contributed by atoms with E-state index >= 15 is 0 Å². The van der Waals surface area contributed by atoms with Crippen LogP contribution in [0.4, 0.5) is 0 Å². The summed E-state index contributed by atoms with van der Waals surface area (Å²) in [6.45, 7) is 1.03. The molecule has 4 atom stereocenters. The average Bonchev–Trinajstić information content (AvgIpc) is 2.42. The Morgan fingerprint density at radius 3 is 1.96 bits per heavy atom. The van der Waals surface area contributed by atoms with Crippen molar-refractivity contribution in [3.63, 3.8) is 0 Å². The fourth-order valence-electron chi connectivity index (χ4n) is 1.59. The molecule has 25 heavy (non-hydrogen) atoms. The number of esters is 1. The van der Waals surface area contributed by atoms with E-state index in [0.29, 0.717) is 11.0 Å². The second kappa shape index (κ2) is 13.9. The van der Waals surface area contributed by atoms with Crippen LogP contribution >= 0.6 is 12.4 Å². The van der Waals surface area contributed by atoms with Crippen LogP contribution in [0.3, 0.4) is 0 Å². The number of carboxylic acids is 1. The molecule has 0 bridgehead atoms. The first-order valence-corrected chi connectivity index (χ1v) is 7.11. The molecule has 0 aliphatic carbocycles. The number of aliphatic carboxylic acids is 1. The molecular weight excluding hydrogens is 362 g/mol. The van der Waals surface area contributed by atoms with Gasteiger partial charge in [0.1, 0.15) is 24.9 Å². The zero-order chi connectivity index (χ0) is 19.5. The molecule has 0 aliphatic heterocycles. The number of nitrogens with zero attached hydrogens (tertiary/aromatic N) is 1. The van der Waals surface area contributed by atoms with Crippen LogP contribution in [-0.2, 0) is 19.1 Å². The lowest BCUT2D eigenvalue weighted by Crippen LogP contribution is -2.45. The smallest absolute Gasteiger partial charge is 0.303 e. The van der Waals surface area contributed by atoms with Crippen molar-refractivity contribution in [3.8, 4) is 0 Å². The van der Waals surface area contributed by atoms with Crippen LogP contribution in [0.15, 0.2) is 0 Å². The molecule has 10 nitrogen and oxygen atoms in total. The molecule has 0 unspecified atom stereocenters. The summed E-state index contributed by atoms with van der Waals surface area (Å²) in [5.41, 5.74) is 0. The van der Waals surface area contributed by atoms with Gasteiger partial charge in [-0.15, -0.1) is 12.4 Å². The molecule has 0 rings (SSSR count). The number of carboxylic acid groups (broad SMARTS) is 1. The first-order valence-electron chi connectivity index (χ1n) is 7.11.